The monoisotopic (exact) mass is 642 g/mol. The van der Waals surface area contributed by atoms with Crippen LogP contribution in [0.25, 0.3) is 0 Å². The molecule has 0 unspecified atom stereocenters. The smallest absolute Gasteiger partial charge is 0.407 e. The molecular weight excluding hydrogens is 604 g/mol. The van der Waals surface area contributed by atoms with Crippen LogP contribution in [-0.4, -0.2) is 65.5 Å². The molecule has 1 saturated heterocycles. The van der Waals surface area contributed by atoms with Crippen molar-refractivity contribution in [3.05, 3.63) is 101 Å². The number of nitrogens with one attached hydrogen (secondary N) is 1. The molecule has 3 aromatic rings. The van der Waals surface area contributed by atoms with Gasteiger partial charge in [0, 0.05) is 25.1 Å². The van der Waals surface area contributed by atoms with Gasteiger partial charge in [0.25, 0.3) is 24.1 Å². The van der Waals surface area contributed by atoms with E-state index in [-0.39, 0.29) is 36.9 Å². The van der Waals surface area contributed by atoms with E-state index >= 15 is 0 Å². The Morgan fingerprint density at radius 2 is 1.57 bits per heavy atom. The van der Waals surface area contributed by atoms with Crippen LogP contribution in [0.5, 0.6) is 0 Å². The second-order valence-corrected chi connectivity index (χ2v) is 17.6. The molecule has 0 spiro atoms. The van der Waals surface area contributed by atoms with Crippen LogP contribution in [0.4, 0.5) is 10.5 Å². The molecule has 0 aliphatic carbocycles. The van der Waals surface area contributed by atoms with E-state index in [1.54, 1.807) is 0 Å². The number of nitrogens with zero attached hydrogens (tertiary/aromatic N) is 1. The van der Waals surface area contributed by atoms with Crippen LogP contribution in [0.1, 0.15) is 32.8 Å². The number of nitro benzene ring substituents is 1. The van der Waals surface area contributed by atoms with Crippen molar-refractivity contribution in [1.29, 1.82) is 0 Å². The van der Waals surface area contributed by atoms with E-state index < -0.39 is 47.8 Å². The summed E-state index contributed by atoms with van der Waals surface area (Å²) >= 11 is 0. The standard InChI is InChI=1S/C31H38N2O9SSi/c1-31(2,3)44(26-11-7-5-8-12-26,27-13-9-6-10-14-27)40-22-29-28(42-43(4,37)38)19-25(41-29)20-32-30(34)39-21-23-15-17-24(18-16-23)33(35)36/h5-18,25,28-29H,19-22H2,1-4H3,(H,32,34)/t25-,28-,29+/m0/s1. The normalized spacial score (nSPS) is 19.0. The molecule has 1 amide bonds. The van der Waals surface area contributed by atoms with Gasteiger partial charge in [0.05, 0.1) is 23.9 Å². The number of benzene rings is 3. The minimum Gasteiger partial charge on any atom is -0.445 e. The van der Waals surface area contributed by atoms with E-state index in [4.69, 9.17) is 18.1 Å². The second kappa shape index (κ2) is 14.0. The van der Waals surface area contributed by atoms with Crippen LogP contribution in [0.2, 0.25) is 5.04 Å². The van der Waals surface area contributed by atoms with Gasteiger partial charge in [-0.15, -0.1) is 0 Å². The maximum Gasteiger partial charge on any atom is 0.407 e. The predicted octanol–water partition coefficient (Wildman–Crippen LogP) is 3.90. The van der Waals surface area contributed by atoms with Crippen molar-refractivity contribution in [2.24, 2.45) is 0 Å². The van der Waals surface area contributed by atoms with Crippen molar-refractivity contribution in [3.8, 4) is 0 Å². The molecule has 3 aromatic carbocycles. The fraction of sp³-hybridized carbons (Fsp3) is 0.387. The Morgan fingerprint density at radius 3 is 2.07 bits per heavy atom. The van der Waals surface area contributed by atoms with Crippen molar-refractivity contribution < 1.29 is 36.2 Å². The lowest BCUT2D eigenvalue weighted by Gasteiger charge is -2.43. The Hall–Kier alpha value is -3.62. The van der Waals surface area contributed by atoms with Gasteiger partial charge in [-0.1, -0.05) is 81.4 Å². The molecule has 0 aromatic heterocycles. The Kier molecular flexibility index (Phi) is 10.6. The Balaban J connectivity index is 1.46. The van der Waals surface area contributed by atoms with Gasteiger partial charge in [-0.2, -0.15) is 8.42 Å². The fourth-order valence-corrected chi connectivity index (χ4v) is 10.7. The molecular formula is C31H38N2O9SSi. The minimum absolute atomic E-state index is 0.0540. The molecule has 13 heteroatoms. The van der Waals surface area contributed by atoms with Crippen LogP contribution in [0.15, 0.2) is 84.9 Å². The van der Waals surface area contributed by atoms with E-state index in [1.165, 1.54) is 24.3 Å². The van der Waals surface area contributed by atoms with Crippen molar-refractivity contribution in [2.75, 3.05) is 19.4 Å². The average Bonchev–Trinajstić information content (AvgIpc) is 3.35. The summed E-state index contributed by atoms with van der Waals surface area (Å²) in [7, 11) is -6.74. The van der Waals surface area contributed by atoms with Gasteiger partial charge in [-0.3, -0.25) is 14.3 Å². The number of ether oxygens (including phenoxy) is 2. The molecule has 1 fully saturated rings. The summed E-state index contributed by atoms with van der Waals surface area (Å²) < 4.78 is 48.1. The van der Waals surface area contributed by atoms with Gasteiger partial charge >= 0.3 is 6.09 Å². The van der Waals surface area contributed by atoms with Crippen molar-refractivity contribution in [2.45, 2.75) is 57.1 Å². The third kappa shape index (κ3) is 8.30. The topological polar surface area (TPSA) is 143 Å². The number of amides is 1. The lowest BCUT2D eigenvalue weighted by atomic mass is 10.1. The highest BCUT2D eigenvalue weighted by Gasteiger charge is 2.51. The highest BCUT2D eigenvalue weighted by Crippen LogP contribution is 2.37. The first kappa shape index (κ1) is 33.3. The number of hydrogen-bond acceptors (Lipinski definition) is 9. The summed E-state index contributed by atoms with van der Waals surface area (Å²) in [6.45, 7) is 6.49. The lowest BCUT2D eigenvalue weighted by molar-refractivity contribution is -0.384. The van der Waals surface area contributed by atoms with Gasteiger partial charge in [-0.05, 0) is 33.1 Å². The highest BCUT2D eigenvalue weighted by atomic mass is 32.2. The first-order valence-electron chi connectivity index (χ1n) is 14.2. The van der Waals surface area contributed by atoms with Crippen molar-refractivity contribution >= 4 is 40.6 Å². The summed E-state index contributed by atoms with van der Waals surface area (Å²) in [5.41, 5.74) is 0.529. The molecule has 1 heterocycles. The third-order valence-electron chi connectivity index (χ3n) is 7.45. The number of carbonyl (C=O) groups excluding carboxylic acids is 1. The van der Waals surface area contributed by atoms with E-state index in [9.17, 15) is 23.3 Å². The number of alkyl carbamates (subject to hydrolysis) is 1. The maximum absolute atomic E-state index is 12.4. The molecule has 11 nitrogen and oxygen atoms in total. The summed E-state index contributed by atoms with van der Waals surface area (Å²) in [5, 5.41) is 15.3. The fourth-order valence-electron chi connectivity index (χ4n) is 5.48. The van der Waals surface area contributed by atoms with Gasteiger partial charge in [0.15, 0.2) is 0 Å². The predicted molar refractivity (Wildman–Crippen MR) is 168 cm³/mol. The summed E-state index contributed by atoms with van der Waals surface area (Å²) in [4.78, 5) is 22.7. The molecule has 0 saturated carbocycles. The van der Waals surface area contributed by atoms with Crippen molar-refractivity contribution in [3.63, 3.8) is 0 Å². The molecule has 0 bridgehead atoms. The zero-order chi connectivity index (χ0) is 32.0. The molecule has 1 N–H and O–H groups in total. The summed E-state index contributed by atoms with van der Waals surface area (Å²) in [6, 6.07) is 25.8. The SMILES string of the molecule is CC(C)(C)[Si](OC[C@H]1O[C@H](CNC(=O)OCc2ccc([N+](=O)[O-])cc2)C[C@@H]1OS(C)(=O)=O)(c1ccccc1)c1ccccc1. The molecule has 3 atom stereocenters. The van der Waals surface area contributed by atoms with E-state index in [0.29, 0.717) is 5.56 Å². The third-order valence-corrected chi connectivity index (χ3v) is 13.0. The van der Waals surface area contributed by atoms with Gasteiger partial charge in [-0.25, -0.2) is 4.79 Å². The summed E-state index contributed by atoms with van der Waals surface area (Å²) in [5.74, 6) is 0. The van der Waals surface area contributed by atoms with Crippen LogP contribution < -0.4 is 15.7 Å². The number of non-ortho nitro benzene ring substituents is 1. The van der Waals surface area contributed by atoms with Gasteiger partial charge in [0.2, 0.25) is 0 Å². The molecule has 0 radical (unpaired) electrons. The van der Waals surface area contributed by atoms with Gasteiger partial charge < -0.3 is 19.2 Å². The maximum atomic E-state index is 12.4. The average molecular weight is 643 g/mol. The number of rotatable bonds is 12. The second-order valence-electron chi connectivity index (χ2n) is 11.7. The molecule has 1 aliphatic rings. The quantitative estimate of drug-likeness (QED) is 0.135. The van der Waals surface area contributed by atoms with E-state index in [2.05, 4.69) is 50.4 Å². The highest BCUT2D eigenvalue weighted by molar-refractivity contribution is 7.86. The Bertz CT molecular complexity index is 1480. The zero-order valence-corrected chi connectivity index (χ0v) is 27.0. The molecule has 44 heavy (non-hydrogen) atoms. The minimum atomic E-state index is -3.81. The lowest BCUT2D eigenvalue weighted by Crippen LogP contribution is -2.67. The Labute approximate surface area is 258 Å². The molecule has 236 valence electrons. The van der Waals surface area contributed by atoms with Gasteiger partial charge in [0.1, 0.15) is 18.8 Å². The van der Waals surface area contributed by atoms with Crippen LogP contribution in [0.3, 0.4) is 0 Å². The number of carbonyl (C=O) groups is 1. The number of nitro groups is 1. The van der Waals surface area contributed by atoms with Crippen LogP contribution >= 0.6 is 0 Å². The van der Waals surface area contributed by atoms with E-state index in [0.717, 1.165) is 16.6 Å². The van der Waals surface area contributed by atoms with E-state index in [1.807, 2.05) is 36.4 Å². The number of hydrogen-bond donors (Lipinski definition) is 1. The molecule has 4 rings (SSSR count). The summed E-state index contributed by atoms with van der Waals surface area (Å²) in [6.07, 6.45) is -1.58. The largest absolute Gasteiger partial charge is 0.445 e. The van der Waals surface area contributed by atoms with Crippen molar-refractivity contribution in [1.82, 2.24) is 5.32 Å². The van der Waals surface area contributed by atoms with Crippen LogP contribution in [0, 0.1) is 10.1 Å². The first-order chi connectivity index (χ1) is 20.8. The zero-order valence-electron chi connectivity index (χ0n) is 25.2. The molecule has 1 aliphatic heterocycles. The Morgan fingerprint density at radius 1 is 1.00 bits per heavy atom. The van der Waals surface area contributed by atoms with Crippen LogP contribution in [-0.2, 0) is 34.8 Å². The first-order valence-corrected chi connectivity index (χ1v) is 17.9.